The van der Waals surface area contributed by atoms with Crippen LogP contribution >= 0.6 is 0 Å². The van der Waals surface area contributed by atoms with Gasteiger partial charge in [0.1, 0.15) is 0 Å². The molecule has 1 saturated heterocycles. The zero-order chi connectivity index (χ0) is 22.0. The molecule has 162 valence electrons. The van der Waals surface area contributed by atoms with Crippen LogP contribution in [0.25, 0.3) is 10.8 Å². The van der Waals surface area contributed by atoms with Crippen molar-refractivity contribution in [2.45, 2.75) is 30.7 Å². The monoisotopic (exact) mass is 440 g/mol. The molecule has 2 heterocycles. The van der Waals surface area contributed by atoms with Gasteiger partial charge < -0.3 is 5.32 Å². The van der Waals surface area contributed by atoms with Gasteiger partial charge in [-0.3, -0.25) is 9.59 Å². The van der Waals surface area contributed by atoms with E-state index in [1.54, 1.807) is 48.5 Å². The summed E-state index contributed by atoms with van der Waals surface area (Å²) in [4.78, 5) is 25.4. The highest BCUT2D eigenvalue weighted by atomic mass is 32.2. The topological polar surface area (TPSA) is 101 Å². The van der Waals surface area contributed by atoms with Crippen LogP contribution in [0.5, 0.6) is 0 Å². The summed E-state index contributed by atoms with van der Waals surface area (Å²) in [5.41, 5.74) is 0.342. The minimum Gasteiger partial charge on any atom is -0.346 e. The number of benzene rings is 2. The van der Waals surface area contributed by atoms with Gasteiger partial charge in [-0.15, -0.1) is 0 Å². The van der Waals surface area contributed by atoms with Gasteiger partial charge in [0.05, 0.1) is 10.3 Å². The summed E-state index contributed by atoms with van der Waals surface area (Å²) >= 11 is 0. The Balaban J connectivity index is 1.61. The van der Waals surface area contributed by atoms with Crippen LogP contribution in [0.3, 0.4) is 0 Å². The second-order valence-corrected chi connectivity index (χ2v) is 9.48. The smallest absolute Gasteiger partial charge is 0.274 e. The number of carbonyl (C=O) groups is 1. The molecule has 31 heavy (non-hydrogen) atoms. The Morgan fingerprint density at radius 1 is 1.00 bits per heavy atom. The summed E-state index contributed by atoms with van der Waals surface area (Å²) < 4.78 is 28.9. The molecule has 1 aliphatic heterocycles. The van der Waals surface area contributed by atoms with Crippen LogP contribution in [-0.4, -0.2) is 41.5 Å². The molecule has 0 aliphatic carbocycles. The van der Waals surface area contributed by atoms with Gasteiger partial charge >= 0.3 is 0 Å². The molecule has 3 aromatic rings. The molecule has 1 aromatic heterocycles. The van der Waals surface area contributed by atoms with Gasteiger partial charge in [-0.25, -0.2) is 13.1 Å². The van der Waals surface area contributed by atoms with Crippen molar-refractivity contribution in [3.8, 4) is 0 Å². The van der Waals surface area contributed by atoms with Gasteiger partial charge in [-0.1, -0.05) is 42.8 Å². The molecule has 0 spiro atoms. The zero-order valence-electron chi connectivity index (χ0n) is 17.2. The van der Waals surface area contributed by atoms with Crippen LogP contribution in [-0.2, 0) is 23.6 Å². The molecule has 4 rings (SSSR count). The van der Waals surface area contributed by atoms with E-state index >= 15 is 0 Å². The molecule has 0 unspecified atom stereocenters. The predicted octanol–water partition coefficient (Wildman–Crippen LogP) is 2.04. The van der Waals surface area contributed by atoms with Crippen LogP contribution in [0.4, 0.5) is 0 Å². The summed E-state index contributed by atoms with van der Waals surface area (Å²) in [5.74, 6) is -0.475. The summed E-state index contributed by atoms with van der Waals surface area (Å²) in [6.07, 6.45) is 2.73. The van der Waals surface area contributed by atoms with E-state index in [-0.39, 0.29) is 22.7 Å². The van der Waals surface area contributed by atoms with E-state index in [4.69, 9.17) is 0 Å². The number of rotatable bonds is 5. The third kappa shape index (κ3) is 4.11. The number of carbonyl (C=O) groups excluding carboxylic acids is 1. The normalized spacial score (nSPS) is 15.1. The molecule has 0 saturated carbocycles. The molecule has 0 bridgehead atoms. The maximum Gasteiger partial charge on any atom is 0.274 e. The van der Waals surface area contributed by atoms with Crippen molar-refractivity contribution in [3.63, 3.8) is 0 Å². The number of nitrogens with zero attached hydrogens (tertiary/aromatic N) is 3. The fourth-order valence-electron chi connectivity index (χ4n) is 3.87. The fraction of sp³-hybridized carbons (Fsp3) is 0.318. The Hall–Kier alpha value is -3.04. The molecule has 0 radical (unpaired) electrons. The molecule has 1 aliphatic rings. The third-order valence-electron chi connectivity index (χ3n) is 5.52. The molecule has 8 nitrogen and oxygen atoms in total. The lowest BCUT2D eigenvalue weighted by atomic mass is 10.1. The molecule has 9 heteroatoms. The number of nitrogens with one attached hydrogen (secondary N) is 1. The van der Waals surface area contributed by atoms with Gasteiger partial charge in [0.2, 0.25) is 10.0 Å². The second kappa shape index (κ2) is 8.60. The fourth-order valence-corrected chi connectivity index (χ4v) is 5.61. The van der Waals surface area contributed by atoms with E-state index in [0.717, 1.165) is 23.9 Å². The van der Waals surface area contributed by atoms with E-state index in [9.17, 15) is 18.0 Å². The van der Waals surface area contributed by atoms with Gasteiger partial charge in [0.25, 0.3) is 11.5 Å². The minimum absolute atomic E-state index is 0.0287. The maximum absolute atomic E-state index is 13.1. The molecule has 1 fully saturated rings. The van der Waals surface area contributed by atoms with Crippen LogP contribution in [0.2, 0.25) is 0 Å². The highest BCUT2D eigenvalue weighted by Crippen LogP contribution is 2.23. The lowest BCUT2D eigenvalue weighted by Crippen LogP contribution is -2.36. The number of sulfonamides is 1. The molecular weight excluding hydrogens is 416 g/mol. The quantitative estimate of drug-likeness (QED) is 0.654. The van der Waals surface area contributed by atoms with Crippen molar-refractivity contribution < 1.29 is 13.2 Å². The second-order valence-electron chi connectivity index (χ2n) is 7.58. The summed E-state index contributed by atoms with van der Waals surface area (Å²) in [6.45, 7) is 1.05. The van der Waals surface area contributed by atoms with Crippen LogP contribution in [0.1, 0.15) is 35.3 Å². The first-order valence-electron chi connectivity index (χ1n) is 10.2. The van der Waals surface area contributed by atoms with E-state index in [0.29, 0.717) is 29.4 Å². The number of piperidine rings is 1. The number of hydrogen-bond donors (Lipinski definition) is 1. The Kier molecular flexibility index (Phi) is 5.88. The first-order chi connectivity index (χ1) is 14.9. The van der Waals surface area contributed by atoms with Gasteiger partial charge in [0, 0.05) is 32.1 Å². The highest BCUT2D eigenvalue weighted by Gasteiger charge is 2.28. The Labute approximate surface area is 180 Å². The standard InChI is InChI=1S/C22H24N4O4S/c1-25-22(28)18-11-5-4-10-17(18)20(24-25)21(27)23-15-16-9-3-6-12-19(16)31(29,30)26-13-7-2-8-14-26/h3-6,9-12H,2,7-8,13-15H2,1H3,(H,23,27). The van der Waals surface area contributed by atoms with Crippen LogP contribution in [0, 0.1) is 0 Å². The first-order valence-corrected chi connectivity index (χ1v) is 11.7. The number of aryl methyl sites for hydroxylation is 1. The average Bonchev–Trinajstić information content (AvgIpc) is 2.80. The third-order valence-corrected chi connectivity index (χ3v) is 7.52. The maximum atomic E-state index is 13.1. The Morgan fingerprint density at radius 3 is 2.39 bits per heavy atom. The van der Waals surface area contributed by atoms with Crippen molar-refractivity contribution in [3.05, 3.63) is 70.1 Å². The average molecular weight is 441 g/mol. The van der Waals surface area contributed by atoms with E-state index in [1.807, 2.05) is 0 Å². The Bertz CT molecular complexity index is 1290. The molecule has 1 N–H and O–H groups in total. The zero-order valence-corrected chi connectivity index (χ0v) is 18.1. The largest absolute Gasteiger partial charge is 0.346 e. The number of fused-ring (bicyclic) bond motifs is 1. The first kappa shape index (κ1) is 21.2. The van der Waals surface area contributed by atoms with Crippen LogP contribution in [0.15, 0.2) is 58.2 Å². The van der Waals surface area contributed by atoms with Crippen molar-refractivity contribution >= 4 is 26.7 Å². The lowest BCUT2D eigenvalue weighted by molar-refractivity contribution is 0.0945. The minimum atomic E-state index is -3.63. The van der Waals surface area contributed by atoms with E-state index in [1.165, 1.54) is 11.4 Å². The number of hydrogen-bond acceptors (Lipinski definition) is 5. The van der Waals surface area contributed by atoms with Crippen LogP contribution < -0.4 is 10.9 Å². The Morgan fingerprint density at radius 2 is 1.65 bits per heavy atom. The predicted molar refractivity (Wildman–Crippen MR) is 117 cm³/mol. The highest BCUT2D eigenvalue weighted by molar-refractivity contribution is 7.89. The molecule has 2 aromatic carbocycles. The summed E-state index contributed by atoms with van der Waals surface area (Å²) in [5, 5.41) is 7.75. The van der Waals surface area contributed by atoms with Crippen molar-refractivity contribution in [1.82, 2.24) is 19.4 Å². The molecule has 0 atom stereocenters. The van der Waals surface area contributed by atoms with E-state index < -0.39 is 15.9 Å². The van der Waals surface area contributed by atoms with Gasteiger partial charge in [-0.05, 0) is 30.5 Å². The van der Waals surface area contributed by atoms with E-state index in [2.05, 4.69) is 10.4 Å². The van der Waals surface area contributed by atoms with Crippen molar-refractivity contribution in [1.29, 1.82) is 0 Å². The van der Waals surface area contributed by atoms with Crippen molar-refractivity contribution in [2.24, 2.45) is 7.05 Å². The SMILES string of the molecule is Cn1nc(C(=O)NCc2ccccc2S(=O)(=O)N2CCCCC2)c2ccccc2c1=O. The number of aromatic nitrogens is 2. The lowest BCUT2D eigenvalue weighted by Gasteiger charge is -2.26. The molecule has 1 amide bonds. The number of amides is 1. The molecular formula is C22H24N4O4S. The van der Waals surface area contributed by atoms with Gasteiger partial charge in [-0.2, -0.15) is 9.40 Å². The van der Waals surface area contributed by atoms with Gasteiger partial charge in [0.15, 0.2) is 5.69 Å². The summed E-state index contributed by atoms with van der Waals surface area (Å²) in [7, 11) is -2.14. The summed E-state index contributed by atoms with van der Waals surface area (Å²) in [6, 6.07) is 13.5. The van der Waals surface area contributed by atoms with Crippen molar-refractivity contribution in [2.75, 3.05) is 13.1 Å².